The van der Waals surface area contributed by atoms with E-state index in [9.17, 15) is 0 Å². The predicted octanol–water partition coefficient (Wildman–Crippen LogP) is 4.29. The fraction of sp³-hybridized carbons (Fsp3) is 0.261. The van der Waals surface area contributed by atoms with E-state index in [-0.39, 0.29) is 0 Å². The van der Waals surface area contributed by atoms with Gasteiger partial charge in [0.2, 0.25) is 0 Å². The summed E-state index contributed by atoms with van der Waals surface area (Å²) >= 11 is 0. The molecule has 0 saturated carbocycles. The highest BCUT2D eigenvalue weighted by atomic mass is 16.5. The monoisotopic (exact) mass is 385 g/mol. The zero-order valence-corrected chi connectivity index (χ0v) is 16.4. The average Bonchev–Trinajstić information content (AvgIpc) is 3.21. The number of methoxy groups -OCH3 is 1. The number of benzene rings is 2. The molecule has 5 rings (SSSR count). The van der Waals surface area contributed by atoms with Gasteiger partial charge in [0.25, 0.3) is 5.78 Å². The summed E-state index contributed by atoms with van der Waals surface area (Å²) in [6.07, 6.45) is 4.33. The maximum absolute atomic E-state index is 5.51. The van der Waals surface area contributed by atoms with Crippen molar-refractivity contribution in [2.24, 2.45) is 0 Å². The molecule has 146 valence electrons. The number of rotatable bonds is 5. The third-order valence-corrected chi connectivity index (χ3v) is 5.43. The minimum absolute atomic E-state index is 0.645. The predicted molar refractivity (Wildman–Crippen MR) is 113 cm³/mol. The fourth-order valence-electron chi connectivity index (χ4n) is 3.96. The zero-order valence-electron chi connectivity index (χ0n) is 16.4. The summed E-state index contributed by atoms with van der Waals surface area (Å²) in [7, 11) is 1.70. The van der Waals surface area contributed by atoms with Crippen molar-refractivity contribution in [1.82, 2.24) is 19.6 Å². The Morgan fingerprint density at radius 1 is 0.966 bits per heavy atom. The molecule has 1 aliphatic rings. The normalized spacial score (nSPS) is 13.3. The van der Waals surface area contributed by atoms with Crippen molar-refractivity contribution in [3.63, 3.8) is 0 Å². The quantitative estimate of drug-likeness (QED) is 0.555. The minimum Gasteiger partial charge on any atom is -0.496 e. The largest absolute Gasteiger partial charge is 0.496 e. The van der Waals surface area contributed by atoms with E-state index in [2.05, 4.69) is 11.4 Å². The van der Waals surface area contributed by atoms with Crippen molar-refractivity contribution in [2.45, 2.75) is 32.2 Å². The van der Waals surface area contributed by atoms with E-state index in [0.29, 0.717) is 18.1 Å². The van der Waals surface area contributed by atoms with Gasteiger partial charge in [-0.15, -0.1) is 5.10 Å². The minimum atomic E-state index is 0.645. The van der Waals surface area contributed by atoms with Crippen LogP contribution in [0.15, 0.2) is 54.6 Å². The van der Waals surface area contributed by atoms with Gasteiger partial charge in [0.15, 0.2) is 5.82 Å². The summed E-state index contributed by atoms with van der Waals surface area (Å²) in [5.41, 5.74) is 4.49. The summed E-state index contributed by atoms with van der Waals surface area (Å²) in [5, 5.41) is 8.41. The molecular weight excluding hydrogens is 362 g/mol. The maximum Gasteiger partial charge on any atom is 0.254 e. The van der Waals surface area contributed by atoms with Gasteiger partial charge >= 0.3 is 0 Å². The Morgan fingerprint density at radius 2 is 1.76 bits per heavy atom. The van der Waals surface area contributed by atoms with Gasteiger partial charge in [-0.05, 0) is 31.7 Å². The molecule has 0 atom stereocenters. The van der Waals surface area contributed by atoms with Crippen LogP contribution in [0.3, 0.4) is 0 Å². The molecule has 2 heterocycles. The van der Waals surface area contributed by atoms with Gasteiger partial charge in [-0.1, -0.05) is 48.5 Å². The summed E-state index contributed by atoms with van der Waals surface area (Å²) < 4.78 is 7.37. The number of para-hydroxylation sites is 1. The van der Waals surface area contributed by atoms with Gasteiger partial charge in [-0.3, -0.25) is 0 Å². The van der Waals surface area contributed by atoms with Gasteiger partial charge < -0.3 is 10.1 Å². The molecule has 0 radical (unpaired) electrons. The van der Waals surface area contributed by atoms with E-state index in [0.717, 1.165) is 41.2 Å². The molecular formula is C23H23N5O. The van der Waals surface area contributed by atoms with Crippen LogP contribution in [0.5, 0.6) is 5.75 Å². The Balaban J connectivity index is 1.59. The Hall–Kier alpha value is -3.41. The van der Waals surface area contributed by atoms with Crippen LogP contribution >= 0.6 is 0 Å². The fourth-order valence-corrected chi connectivity index (χ4v) is 3.96. The Labute approximate surface area is 169 Å². The number of aromatic nitrogens is 4. The molecule has 2 aromatic carbocycles. The smallest absolute Gasteiger partial charge is 0.254 e. The lowest BCUT2D eigenvalue weighted by atomic mass is 9.96. The molecule has 29 heavy (non-hydrogen) atoms. The molecule has 0 bridgehead atoms. The highest BCUT2D eigenvalue weighted by molar-refractivity contribution is 5.60. The first-order valence-electron chi connectivity index (χ1n) is 10.0. The molecule has 0 spiro atoms. The van der Waals surface area contributed by atoms with Gasteiger partial charge in [0, 0.05) is 23.2 Å². The van der Waals surface area contributed by atoms with Crippen LogP contribution in [0.1, 0.15) is 29.7 Å². The topological polar surface area (TPSA) is 64.3 Å². The number of nitrogens with one attached hydrogen (secondary N) is 1. The number of hydrogen-bond donors (Lipinski definition) is 1. The van der Waals surface area contributed by atoms with Crippen LogP contribution in [0.25, 0.3) is 17.2 Å². The van der Waals surface area contributed by atoms with Crippen molar-refractivity contribution in [2.75, 3.05) is 12.4 Å². The third kappa shape index (κ3) is 3.31. The second kappa shape index (κ2) is 7.54. The van der Waals surface area contributed by atoms with Crippen LogP contribution in [0, 0.1) is 0 Å². The van der Waals surface area contributed by atoms with E-state index in [1.807, 2.05) is 53.0 Å². The lowest BCUT2D eigenvalue weighted by molar-refractivity contribution is 0.410. The van der Waals surface area contributed by atoms with Crippen molar-refractivity contribution in [3.8, 4) is 17.1 Å². The summed E-state index contributed by atoms with van der Waals surface area (Å²) in [4.78, 5) is 9.55. The summed E-state index contributed by atoms with van der Waals surface area (Å²) in [6.45, 7) is 0.649. The van der Waals surface area contributed by atoms with Gasteiger partial charge in [-0.25, -0.2) is 4.98 Å². The molecule has 6 nitrogen and oxygen atoms in total. The maximum atomic E-state index is 5.51. The van der Waals surface area contributed by atoms with E-state index in [4.69, 9.17) is 19.8 Å². The highest BCUT2D eigenvalue weighted by Crippen LogP contribution is 2.29. The molecule has 1 N–H and O–H groups in total. The first-order valence-corrected chi connectivity index (χ1v) is 10.0. The number of fused-ring (bicyclic) bond motifs is 2. The molecule has 0 fully saturated rings. The van der Waals surface area contributed by atoms with Crippen molar-refractivity contribution in [1.29, 1.82) is 0 Å². The van der Waals surface area contributed by atoms with Crippen LogP contribution in [0.4, 0.5) is 5.82 Å². The van der Waals surface area contributed by atoms with Crippen molar-refractivity contribution >= 4 is 11.6 Å². The van der Waals surface area contributed by atoms with E-state index in [1.165, 1.54) is 18.4 Å². The van der Waals surface area contributed by atoms with Crippen molar-refractivity contribution in [3.05, 3.63) is 71.4 Å². The molecule has 0 aliphatic heterocycles. The summed E-state index contributed by atoms with van der Waals surface area (Å²) in [5.74, 6) is 3.21. The highest BCUT2D eigenvalue weighted by Gasteiger charge is 2.21. The second-order valence-electron chi connectivity index (χ2n) is 7.27. The van der Waals surface area contributed by atoms with Crippen LogP contribution in [-0.4, -0.2) is 26.7 Å². The number of ether oxygens (including phenoxy) is 1. The molecule has 4 aromatic rings. The molecule has 6 heteroatoms. The lowest BCUT2D eigenvalue weighted by Crippen LogP contribution is -2.15. The molecule has 2 aromatic heterocycles. The molecule has 0 unspecified atom stereocenters. The molecule has 1 aliphatic carbocycles. The zero-order chi connectivity index (χ0) is 19.6. The van der Waals surface area contributed by atoms with E-state index >= 15 is 0 Å². The van der Waals surface area contributed by atoms with Gasteiger partial charge in [-0.2, -0.15) is 9.50 Å². The Morgan fingerprint density at radius 3 is 2.62 bits per heavy atom. The van der Waals surface area contributed by atoms with Crippen LogP contribution in [-0.2, 0) is 19.4 Å². The SMILES string of the molecule is COc1ccccc1CNc1c2c(nc3nc(-c4ccccc4)nn13)CCCC2. The number of nitrogens with zero attached hydrogens (tertiary/aromatic N) is 4. The lowest BCUT2D eigenvalue weighted by Gasteiger charge is -2.20. The number of aryl methyl sites for hydroxylation is 1. The second-order valence-corrected chi connectivity index (χ2v) is 7.27. The van der Waals surface area contributed by atoms with Crippen LogP contribution in [0.2, 0.25) is 0 Å². The molecule has 0 amide bonds. The standard InChI is InChI=1S/C23H23N5O/c1-29-20-14-8-5-11-17(20)15-24-22-18-12-6-7-13-19(18)25-23-26-21(27-28(22)23)16-9-3-2-4-10-16/h2-5,8-11,14,24H,6-7,12-13,15H2,1H3. The first-order chi connectivity index (χ1) is 14.3. The Kier molecular flexibility index (Phi) is 4.60. The van der Waals surface area contributed by atoms with Crippen molar-refractivity contribution < 1.29 is 4.74 Å². The average molecular weight is 385 g/mol. The van der Waals surface area contributed by atoms with Gasteiger partial charge in [0.05, 0.1) is 12.8 Å². The van der Waals surface area contributed by atoms with E-state index < -0.39 is 0 Å². The van der Waals surface area contributed by atoms with E-state index in [1.54, 1.807) is 7.11 Å². The third-order valence-electron chi connectivity index (χ3n) is 5.43. The van der Waals surface area contributed by atoms with Crippen LogP contribution < -0.4 is 10.1 Å². The number of hydrogen-bond acceptors (Lipinski definition) is 5. The summed E-state index contributed by atoms with van der Waals surface area (Å²) in [6, 6.07) is 18.1. The molecule has 0 saturated heterocycles. The number of anilines is 1. The Bertz CT molecular complexity index is 1150. The first kappa shape index (κ1) is 17.7. The van der Waals surface area contributed by atoms with Gasteiger partial charge in [0.1, 0.15) is 11.6 Å².